The maximum atomic E-state index is 13.0. The Hall–Kier alpha value is -3.08. The molecule has 1 amide bonds. The molecule has 3 heterocycles. The van der Waals surface area contributed by atoms with Gasteiger partial charge in [-0.15, -0.1) is 11.3 Å². The number of aromatic nitrogens is 2. The number of halogens is 3. The van der Waals surface area contributed by atoms with Crippen LogP contribution in [0.2, 0.25) is 0 Å². The summed E-state index contributed by atoms with van der Waals surface area (Å²) >= 11 is 0.909. The molecule has 0 unspecified atom stereocenters. The normalized spacial score (nSPS) is 13.6. The largest absolute Gasteiger partial charge is 0.454 e. The molecule has 1 aliphatic heterocycles. The number of amides is 1. The van der Waals surface area contributed by atoms with Gasteiger partial charge in [0.2, 0.25) is 6.79 Å². The lowest BCUT2D eigenvalue weighted by atomic mass is 10.2. The highest BCUT2D eigenvalue weighted by Crippen LogP contribution is 2.37. The summed E-state index contributed by atoms with van der Waals surface area (Å²) in [6, 6.07) is 6.30. The number of alkyl halides is 3. The Morgan fingerprint density at radius 1 is 1.33 bits per heavy atom. The highest BCUT2D eigenvalue weighted by Gasteiger charge is 2.37. The summed E-state index contributed by atoms with van der Waals surface area (Å²) in [4.78, 5) is 12.6. The molecule has 0 radical (unpaired) electrons. The number of fused-ring (bicyclic) bond motifs is 2. The van der Waals surface area contributed by atoms with E-state index in [-0.39, 0.29) is 21.9 Å². The molecular weight excluding hydrogens is 385 g/mol. The maximum Gasteiger partial charge on any atom is 0.435 e. The molecule has 1 aromatic carbocycles. The number of carbonyl (C=O) groups excluding carboxylic acids is 1. The van der Waals surface area contributed by atoms with Gasteiger partial charge >= 0.3 is 6.18 Å². The van der Waals surface area contributed by atoms with Crippen LogP contribution in [0.1, 0.15) is 20.9 Å². The van der Waals surface area contributed by atoms with Crippen LogP contribution < -0.4 is 14.9 Å². The third kappa shape index (κ3) is 3.21. The molecule has 4 rings (SSSR count). The second-order valence-corrected chi connectivity index (χ2v) is 6.64. The molecule has 0 bridgehead atoms. The van der Waals surface area contributed by atoms with Crippen molar-refractivity contribution in [2.45, 2.75) is 6.18 Å². The van der Waals surface area contributed by atoms with Gasteiger partial charge in [-0.1, -0.05) is 0 Å². The first-order valence-corrected chi connectivity index (χ1v) is 8.41. The van der Waals surface area contributed by atoms with Crippen LogP contribution in [0.15, 0.2) is 29.4 Å². The highest BCUT2D eigenvalue weighted by atomic mass is 32.1. The molecule has 0 fully saturated rings. The van der Waals surface area contributed by atoms with E-state index >= 15 is 0 Å². The van der Waals surface area contributed by atoms with E-state index in [1.165, 1.54) is 19.3 Å². The van der Waals surface area contributed by atoms with Gasteiger partial charge in [0.25, 0.3) is 5.91 Å². The average molecular weight is 396 g/mol. The van der Waals surface area contributed by atoms with Crippen LogP contribution in [-0.4, -0.2) is 28.7 Å². The number of aryl methyl sites for hydroxylation is 1. The molecule has 0 atom stereocenters. The summed E-state index contributed by atoms with van der Waals surface area (Å²) in [7, 11) is 1.40. The predicted molar refractivity (Wildman–Crippen MR) is 91.2 cm³/mol. The lowest BCUT2D eigenvalue weighted by molar-refractivity contribution is -0.140. The van der Waals surface area contributed by atoms with Gasteiger partial charge in [0, 0.05) is 12.4 Å². The molecule has 1 N–H and O–H groups in total. The number of benzene rings is 1. The van der Waals surface area contributed by atoms with Gasteiger partial charge in [-0.2, -0.15) is 23.4 Å². The van der Waals surface area contributed by atoms with E-state index in [0.29, 0.717) is 17.1 Å². The van der Waals surface area contributed by atoms with Crippen LogP contribution in [0.4, 0.5) is 13.2 Å². The summed E-state index contributed by atoms with van der Waals surface area (Å²) in [6.45, 7) is 0.146. The van der Waals surface area contributed by atoms with E-state index < -0.39 is 17.8 Å². The van der Waals surface area contributed by atoms with Crippen molar-refractivity contribution in [3.8, 4) is 11.5 Å². The van der Waals surface area contributed by atoms with Gasteiger partial charge in [-0.05, 0) is 29.8 Å². The first kappa shape index (κ1) is 17.3. The lowest BCUT2D eigenvalue weighted by Gasteiger charge is -2.01. The summed E-state index contributed by atoms with van der Waals surface area (Å²) in [5.41, 5.74) is 1.95. The van der Waals surface area contributed by atoms with Crippen LogP contribution in [0.25, 0.3) is 10.2 Å². The van der Waals surface area contributed by atoms with E-state index in [1.807, 2.05) is 0 Å². The molecule has 2 aromatic heterocycles. The number of ether oxygens (including phenoxy) is 2. The van der Waals surface area contributed by atoms with Gasteiger partial charge in [0.15, 0.2) is 17.2 Å². The molecule has 3 aromatic rings. The first-order valence-electron chi connectivity index (χ1n) is 7.60. The Morgan fingerprint density at radius 3 is 2.89 bits per heavy atom. The predicted octanol–water partition coefficient (Wildman–Crippen LogP) is 3.15. The van der Waals surface area contributed by atoms with Crippen LogP contribution in [0.3, 0.4) is 0 Å². The monoisotopic (exact) mass is 396 g/mol. The average Bonchev–Trinajstić information content (AvgIpc) is 3.30. The minimum absolute atomic E-state index is 0.103. The molecule has 0 saturated heterocycles. The van der Waals surface area contributed by atoms with Crippen LogP contribution in [0.5, 0.6) is 11.5 Å². The zero-order valence-electron chi connectivity index (χ0n) is 13.7. The van der Waals surface area contributed by atoms with Gasteiger partial charge in [0.05, 0.1) is 11.1 Å². The molecule has 7 nitrogen and oxygen atoms in total. The fraction of sp³-hybridized carbons (Fsp3) is 0.188. The van der Waals surface area contributed by atoms with Crippen molar-refractivity contribution in [1.29, 1.82) is 0 Å². The van der Waals surface area contributed by atoms with Crippen molar-refractivity contribution in [1.82, 2.24) is 15.2 Å². The molecule has 0 saturated carbocycles. The van der Waals surface area contributed by atoms with Crippen molar-refractivity contribution < 1.29 is 27.4 Å². The smallest absolute Gasteiger partial charge is 0.435 e. The van der Waals surface area contributed by atoms with Gasteiger partial charge < -0.3 is 9.47 Å². The fourth-order valence-corrected chi connectivity index (χ4v) is 3.54. The van der Waals surface area contributed by atoms with Crippen LogP contribution in [-0.2, 0) is 13.2 Å². The van der Waals surface area contributed by atoms with Crippen molar-refractivity contribution in [3.63, 3.8) is 0 Å². The molecule has 0 aliphatic carbocycles. The first-order chi connectivity index (χ1) is 12.8. The topological polar surface area (TPSA) is 77.7 Å². The molecule has 0 spiro atoms. The summed E-state index contributed by atoms with van der Waals surface area (Å²) in [5, 5.41) is 7.19. The maximum absolute atomic E-state index is 13.0. The highest BCUT2D eigenvalue weighted by molar-refractivity contribution is 7.20. The zero-order valence-corrected chi connectivity index (χ0v) is 14.5. The Labute approximate surface area is 154 Å². The lowest BCUT2D eigenvalue weighted by Crippen LogP contribution is -2.16. The molecule has 1 aliphatic rings. The Morgan fingerprint density at radius 2 is 2.11 bits per heavy atom. The van der Waals surface area contributed by atoms with E-state index in [4.69, 9.17) is 9.47 Å². The van der Waals surface area contributed by atoms with Crippen molar-refractivity contribution in [2.75, 3.05) is 6.79 Å². The number of rotatable bonds is 3. The van der Waals surface area contributed by atoms with E-state index in [1.54, 1.807) is 18.2 Å². The number of hydrogen-bond donors (Lipinski definition) is 1. The van der Waals surface area contributed by atoms with E-state index in [2.05, 4.69) is 15.6 Å². The third-order valence-corrected chi connectivity index (χ3v) is 4.98. The van der Waals surface area contributed by atoms with Crippen LogP contribution in [0, 0.1) is 0 Å². The van der Waals surface area contributed by atoms with Gasteiger partial charge in [-0.25, -0.2) is 5.43 Å². The van der Waals surface area contributed by atoms with Gasteiger partial charge in [0.1, 0.15) is 4.83 Å². The third-order valence-electron chi connectivity index (χ3n) is 3.78. The minimum atomic E-state index is -4.59. The van der Waals surface area contributed by atoms with Gasteiger partial charge in [-0.3, -0.25) is 9.48 Å². The Balaban J connectivity index is 1.51. The molecule has 27 heavy (non-hydrogen) atoms. The fourth-order valence-electron chi connectivity index (χ4n) is 2.58. The van der Waals surface area contributed by atoms with Crippen molar-refractivity contribution in [3.05, 3.63) is 40.4 Å². The second kappa shape index (κ2) is 6.27. The number of hydrogen-bond acceptors (Lipinski definition) is 6. The quantitative estimate of drug-likeness (QED) is 0.545. The molecule has 11 heteroatoms. The number of nitrogens with zero attached hydrogens (tertiary/aromatic N) is 3. The Kier molecular flexibility index (Phi) is 4.02. The summed E-state index contributed by atoms with van der Waals surface area (Å²) < 4.78 is 50.6. The molecular formula is C16H11F3N4O3S. The number of thiophene rings is 1. The van der Waals surface area contributed by atoms with E-state index in [0.717, 1.165) is 16.0 Å². The Bertz CT molecular complexity index is 1070. The van der Waals surface area contributed by atoms with Crippen molar-refractivity contribution >= 4 is 33.7 Å². The number of carbonyl (C=O) groups is 1. The summed E-state index contributed by atoms with van der Waals surface area (Å²) in [5.74, 6) is 0.582. The standard InChI is InChI=1S/C16H11F3N4O3S/c1-23-15-9(13(22-23)16(17,18)19)5-12(27-15)14(24)21-20-6-8-2-3-10-11(4-8)26-7-25-10/h2-6H,7H2,1H3,(H,21,24)/b20-6+. The minimum Gasteiger partial charge on any atom is -0.454 e. The van der Waals surface area contributed by atoms with E-state index in [9.17, 15) is 18.0 Å². The zero-order chi connectivity index (χ0) is 19.2. The second-order valence-electron chi connectivity index (χ2n) is 5.61. The van der Waals surface area contributed by atoms with Crippen LogP contribution >= 0.6 is 11.3 Å². The molecule has 140 valence electrons. The SMILES string of the molecule is Cn1nc(C(F)(F)F)c2cc(C(=O)N/N=C/c3ccc4c(c3)OCO4)sc21. The van der Waals surface area contributed by atoms with Crippen molar-refractivity contribution in [2.24, 2.45) is 12.1 Å². The number of nitrogens with one attached hydrogen (secondary N) is 1. The summed E-state index contributed by atoms with van der Waals surface area (Å²) in [6.07, 6.45) is -3.19. The number of hydrazone groups is 1.